The number of sulfonamides is 1. The monoisotopic (exact) mass is 685 g/mol. The third kappa shape index (κ3) is 12.2. The van der Waals surface area contributed by atoms with E-state index in [-0.39, 0.29) is 18.8 Å². The Morgan fingerprint density at radius 2 is 1.73 bits per heavy atom. The lowest BCUT2D eigenvalue weighted by Gasteiger charge is -2.37. The number of carbonyl (C=O) groups excluding carboxylic acids is 2. The first-order valence-corrected chi connectivity index (χ1v) is 19.0. The molecule has 0 bridgehead atoms. The molecule has 1 heterocycles. The van der Waals surface area contributed by atoms with Crippen molar-refractivity contribution in [3.8, 4) is 12.3 Å². The lowest BCUT2D eigenvalue weighted by atomic mass is 9.81. The fourth-order valence-corrected chi connectivity index (χ4v) is 8.36. The number of amides is 2. The molecular weight excluding hydrogens is 629 g/mol. The van der Waals surface area contributed by atoms with Crippen molar-refractivity contribution in [1.82, 2.24) is 25.0 Å². The van der Waals surface area contributed by atoms with Gasteiger partial charge in [-0.1, -0.05) is 76.3 Å². The summed E-state index contributed by atoms with van der Waals surface area (Å²) in [5, 5.41) is 11.3. The van der Waals surface area contributed by atoms with Crippen LogP contribution in [0.5, 0.6) is 0 Å². The van der Waals surface area contributed by atoms with Gasteiger partial charge in [0.25, 0.3) is 0 Å². The molecule has 0 unspecified atom stereocenters. The molecule has 0 aromatic heterocycles. The maximum atomic E-state index is 13.9. The number of rotatable bonds is 18. The fourth-order valence-electron chi connectivity index (χ4n) is 6.86. The maximum absolute atomic E-state index is 13.9. The second-order valence-corrected chi connectivity index (χ2v) is 16.1. The summed E-state index contributed by atoms with van der Waals surface area (Å²) < 4.78 is 28.6. The average Bonchev–Trinajstić information content (AvgIpc) is 3.05. The summed E-state index contributed by atoms with van der Waals surface area (Å²) in [5.74, 6) is 0.581. The Labute approximate surface area is 288 Å². The quantitative estimate of drug-likeness (QED) is 0.158. The van der Waals surface area contributed by atoms with Crippen LogP contribution in [0, 0.1) is 30.1 Å². The number of nitrogens with zero attached hydrogens (tertiary/aromatic N) is 5. The lowest BCUT2D eigenvalue weighted by Crippen LogP contribution is -2.57. The largest absolute Gasteiger partial charge is 0.712 e. The first-order chi connectivity index (χ1) is 22.8. The van der Waals surface area contributed by atoms with Crippen molar-refractivity contribution in [3.63, 3.8) is 0 Å². The summed E-state index contributed by atoms with van der Waals surface area (Å²) in [6, 6.07) is 6.32. The van der Waals surface area contributed by atoms with Gasteiger partial charge >= 0.3 is 0 Å². The third-order valence-corrected chi connectivity index (χ3v) is 11.6. The smallest absolute Gasteiger partial charge is 0.243 e. The maximum Gasteiger partial charge on any atom is 0.243 e. The number of hydrogen-bond donors (Lipinski definition) is 3. The number of nitrogens with two attached hydrogens (primary N) is 1. The van der Waals surface area contributed by atoms with Crippen LogP contribution in [0.15, 0.2) is 35.4 Å². The van der Waals surface area contributed by atoms with Gasteiger partial charge in [0.2, 0.25) is 21.8 Å². The van der Waals surface area contributed by atoms with Crippen molar-refractivity contribution >= 4 is 21.8 Å². The van der Waals surface area contributed by atoms with E-state index in [9.17, 15) is 23.5 Å². The Hall–Kier alpha value is -2.89. The van der Waals surface area contributed by atoms with Crippen LogP contribution in [0.4, 0.5) is 0 Å². The normalized spacial score (nSPS) is 20.0. The molecule has 2 fully saturated rings. The molecule has 0 spiro atoms. The van der Waals surface area contributed by atoms with Gasteiger partial charge in [-0.2, -0.15) is 0 Å². The van der Waals surface area contributed by atoms with Crippen LogP contribution in [0.25, 0.3) is 5.53 Å². The van der Waals surface area contributed by atoms with Gasteiger partial charge in [0.15, 0.2) is 0 Å². The molecule has 2 aliphatic rings. The molecule has 12 nitrogen and oxygen atoms in total. The number of likely N-dealkylation sites (N-methyl/N-ethyl adjacent to an activating group) is 1. The summed E-state index contributed by atoms with van der Waals surface area (Å²) in [6.07, 6.45) is 12.4. The van der Waals surface area contributed by atoms with E-state index in [0.717, 1.165) is 44.3 Å². The van der Waals surface area contributed by atoms with Crippen molar-refractivity contribution < 1.29 is 18.0 Å². The van der Waals surface area contributed by atoms with Crippen LogP contribution >= 0.6 is 0 Å². The Bertz CT molecular complexity index is 1310. The zero-order chi connectivity index (χ0) is 35.3. The second-order valence-electron chi connectivity index (χ2n) is 14.1. The minimum absolute atomic E-state index is 0.0985. The summed E-state index contributed by atoms with van der Waals surface area (Å²) in [4.78, 5) is 29.9. The number of carbonyl (C=O) groups is 2. The van der Waals surface area contributed by atoms with E-state index < -0.39 is 57.7 Å². The zero-order valence-corrected chi connectivity index (χ0v) is 30.1. The standard InChI is InChI=1S/C35H57N8O4S/c1-6-13-31(35(45)39-32(24-28-16-11-8-12-17-28)33(40-37)30(36)22-26(2)3)38-34(44)29(23-27-14-9-7-10-15-27)25-48(46,47)42(5)43-20-18-41(4)19-21-43/h1,7,9-10,14-15,26,28-33H,8,11-13,16-25,36H2,2-5H3,(H,38,44)(H,39,45)/q-1/t29-,30+,31+,32+,33+/m1/s1. The molecular formula is C35H57N8O4S-. The Balaban J connectivity index is 1.82. The molecule has 5 atom stereocenters. The van der Waals surface area contributed by atoms with Gasteiger partial charge in [0.1, 0.15) is 6.04 Å². The molecule has 4 N–H and O–H groups in total. The summed E-state index contributed by atoms with van der Waals surface area (Å²) >= 11 is 0. The van der Waals surface area contributed by atoms with Crippen molar-refractivity contribution in [3.05, 3.63) is 41.4 Å². The Morgan fingerprint density at radius 1 is 1.08 bits per heavy atom. The van der Waals surface area contributed by atoms with Crippen LogP contribution < -0.4 is 16.4 Å². The van der Waals surface area contributed by atoms with Crippen molar-refractivity contribution in [2.75, 3.05) is 46.0 Å². The lowest BCUT2D eigenvalue weighted by molar-refractivity contribution is -0.131. The van der Waals surface area contributed by atoms with Crippen LogP contribution in [0.1, 0.15) is 70.8 Å². The van der Waals surface area contributed by atoms with Crippen LogP contribution in [-0.4, -0.2) is 105 Å². The predicted molar refractivity (Wildman–Crippen MR) is 190 cm³/mol. The molecule has 13 heteroatoms. The molecule has 3 rings (SSSR count). The third-order valence-electron chi connectivity index (χ3n) is 9.71. The van der Waals surface area contributed by atoms with Crippen molar-refractivity contribution in [2.45, 2.75) is 95.8 Å². The average molecular weight is 686 g/mol. The molecule has 0 radical (unpaired) electrons. The van der Waals surface area contributed by atoms with Crippen LogP contribution in [-0.2, 0) is 26.0 Å². The van der Waals surface area contributed by atoms with Gasteiger partial charge in [-0.25, -0.2) is 13.4 Å². The van der Waals surface area contributed by atoms with Gasteiger partial charge in [-0.15, -0.1) is 16.8 Å². The van der Waals surface area contributed by atoms with E-state index in [1.165, 1.54) is 17.9 Å². The number of hydrogen-bond acceptors (Lipinski definition) is 8. The summed E-state index contributed by atoms with van der Waals surface area (Å²) in [5.41, 5.74) is 17.4. The van der Waals surface area contributed by atoms with E-state index >= 15 is 0 Å². The summed E-state index contributed by atoms with van der Waals surface area (Å²) in [7, 11) is -0.383. The van der Waals surface area contributed by atoms with Crippen LogP contribution in [0.2, 0.25) is 0 Å². The number of terminal acetylenes is 1. The highest BCUT2D eigenvalue weighted by atomic mass is 32.2. The van der Waals surface area contributed by atoms with E-state index in [2.05, 4.69) is 26.6 Å². The minimum atomic E-state index is -3.89. The zero-order valence-electron chi connectivity index (χ0n) is 29.3. The molecule has 1 saturated heterocycles. The first kappa shape index (κ1) is 39.5. The summed E-state index contributed by atoms with van der Waals surface area (Å²) in [6.45, 7) is 6.63. The van der Waals surface area contributed by atoms with Gasteiger partial charge in [-0.05, 0) is 43.7 Å². The number of hydrazine groups is 1. The number of benzene rings is 1. The highest BCUT2D eigenvalue weighted by molar-refractivity contribution is 7.89. The fraction of sp³-hybridized carbons (Fsp3) is 0.714. The molecule has 2 amide bonds. The van der Waals surface area contributed by atoms with Gasteiger partial charge in [-0.3, -0.25) is 9.59 Å². The van der Waals surface area contributed by atoms with E-state index in [0.29, 0.717) is 31.8 Å². The van der Waals surface area contributed by atoms with Gasteiger partial charge < -0.3 is 31.9 Å². The highest BCUT2D eigenvalue weighted by Gasteiger charge is 2.36. The van der Waals surface area contributed by atoms with Crippen molar-refractivity contribution in [1.29, 1.82) is 0 Å². The van der Waals surface area contributed by atoms with E-state index in [1.54, 1.807) is 5.01 Å². The van der Waals surface area contributed by atoms with Crippen molar-refractivity contribution in [2.24, 2.45) is 28.6 Å². The molecule has 1 aliphatic heterocycles. The van der Waals surface area contributed by atoms with Crippen LogP contribution in [0.3, 0.4) is 0 Å². The molecule has 1 aromatic rings. The Morgan fingerprint density at radius 3 is 2.31 bits per heavy atom. The Kier molecular flexibility index (Phi) is 15.9. The topological polar surface area (TPSA) is 163 Å². The molecule has 1 saturated carbocycles. The molecule has 1 aromatic carbocycles. The second kappa shape index (κ2) is 19.3. The number of piperazine rings is 1. The van der Waals surface area contributed by atoms with Gasteiger partial charge in [0, 0.05) is 45.7 Å². The molecule has 268 valence electrons. The van der Waals surface area contributed by atoms with Gasteiger partial charge in [0.05, 0.1) is 23.8 Å². The predicted octanol–water partition coefficient (Wildman–Crippen LogP) is 3.00. The van der Waals surface area contributed by atoms with E-state index in [1.807, 2.05) is 51.2 Å². The highest BCUT2D eigenvalue weighted by Crippen LogP contribution is 2.29. The molecule has 1 aliphatic carbocycles. The number of nitrogens with one attached hydrogen (secondary N) is 2. The molecule has 48 heavy (non-hydrogen) atoms. The van der Waals surface area contributed by atoms with E-state index in [4.69, 9.17) is 12.2 Å². The minimum Gasteiger partial charge on any atom is -0.712 e. The SMILES string of the molecule is C#CC[C@H](NC(=O)[C@H](Cc1ccccc1)CS(=O)(=O)N(C)N1CCN(C)CC1)C(=O)N[C@@H](CC1CCCCC1)[C@@H](N=[N-])[C@@H](N)CC(C)C. The first-order valence-electron chi connectivity index (χ1n) is 17.4.